The summed E-state index contributed by atoms with van der Waals surface area (Å²) >= 11 is 13.1. The van der Waals surface area contributed by atoms with Crippen LogP contribution in [-0.2, 0) is 4.43 Å². The van der Waals surface area contributed by atoms with Crippen molar-refractivity contribution in [3.05, 3.63) is 28.0 Å². The molecule has 0 amide bonds. The molecule has 0 N–H and O–H groups in total. The van der Waals surface area contributed by atoms with E-state index < -0.39 is 8.32 Å². The summed E-state index contributed by atoms with van der Waals surface area (Å²) in [6.07, 6.45) is 11.0. The van der Waals surface area contributed by atoms with Crippen molar-refractivity contribution in [3.8, 4) is 0 Å². The number of halogens is 2. The molecule has 1 unspecified atom stereocenters. The van der Waals surface area contributed by atoms with Crippen molar-refractivity contribution in [2.75, 3.05) is 0 Å². The third kappa shape index (κ3) is 7.23. The maximum Gasteiger partial charge on any atom is 0.192 e. The van der Waals surface area contributed by atoms with E-state index in [0.29, 0.717) is 15.5 Å². The van der Waals surface area contributed by atoms with E-state index in [1.165, 1.54) is 32.1 Å². The molecule has 0 aromatic carbocycles. The zero-order valence-corrected chi connectivity index (χ0v) is 21.9. The molecule has 1 saturated carbocycles. The lowest BCUT2D eigenvalue weighted by Crippen LogP contribution is -2.37. The first-order valence-corrected chi connectivity index (χ1v) is 14.9. The van der Waals surface area contributed by atoms with E-state index in [9.17, 15) is 0 Å². The first-order chi connectivity index (χ1) is 13.6. The Bertz CT molecular complexity index is 608. The van der Waals surface area contributed by atoms with Gasteiger partial charge in [0, 0.05) is 18.0 Å². The fourth-order valence-electron chi connectivity index (χ4n) is 5.03. The summed E-state index contributed by atoms with van der Waals surface area (Å²) in [4.78, 5) is 4.14. The lowest BCUT2D eigenvalue weighted by molar-refractivity contribution is 0.117. The normalized spacial score (nSPS) is 21.1. The fraction of sp³-hybridized carbons (Fsp3) is 0.792. The molecule has 1 heterocycles. The first kappa shape index (κ1) is 25.2. The van der Waals surface area contributed by atoms with E-state index in [0.717, 1.165) is 42.0 Å². The van der Waals surface area contributed by atoms with Gasteiger partial charge in [-0.05, 0) is 61.1 Å². The van der Waals surface area contributed by atoms with Crippen molar-refractivity contribution < 1.29 is 4.43 Å². The summed E-state index contributed by atoms with van der Waals surface area (Å²) in [6, 6.07) is 3.40. The molecule has 0 bridgehead atoms. The standard InChI is InChI=1S/C24H41Cl2NOSi/c1-7-29(8-2,9-3)28-22(23-20(25)16-27-17-21(23)26)12-10-11-18-13-19(14-18)15-24(4,5)6/h16-19,22H,7-15H2,1-6H3. The highest BCUT2D eigenvalue weighted by atomic mass is 35.5. The van der Waals surface area contributed by atoms with E-state index >= 15 is 0 Å². The Morgan fingerprint density at radius 3 is 2.07 bits per heavy atom. The maximum absolute atomic E-state index is 6.90. The molecular weight excluding hydrogens is 417 g/mol. The minimum absolute atomic E-state index is 0.00466. The van der Waals surface area contributed by atoms with E-state index in [4.69, 9.17) is 27.6 Å². The minimum Gasteiger partial charge on any atom is -0.410 e. The maximum atomic E-state index is 6.90. The Kier molecular flexibility index (Phi) is 9.53. The van der Waals surface area contributed by atoms with E-state index in [-0.39, 0.29) is 6.10 Å². The van der Waals surface area contributed by atoms with Gasteiger partial charge in [0.1, 0.15) is 0 Å². The molecule has 1 aromatic rings. The smallest absolute Gasteiger partial charge is 0.192 e. The van der Waals surface area contributed by atoms with E-state index in [1.54, 1.807) is 12.4 Å². The number of aromatic nitrogens is 1. The highest BCUT2D eigenvalue weighted by molar-refractivity contribution is 6.73. The van der Waals surface area contributed by atoms with Gasteiger partial charge in [-0.3, -0.25) is 4.98 Å². The lowest BCUT2D eigenvalue weighted by atomic mass is 9.67. The molecule has 5 heteroatoms. The molecule has 0 aliphatic heterocycles. The Hall–Kier alpha value is -0.0931. The van der Waals surface area contributed by atoms with Crippen molar-refractivity contribution in [2.24, 2.45) is 17.3 Å². The largest absolute Gasteiger partial charge is 0.410 e. The van der Waals surface area contributed by atoms with Gasteiger partial charge in [0.05, 0.1) is 16.1 Å². The van der Waals surface area contributed by atoms with Crippen molar-refractivity contribution >= 4 is 31.5 Å². The van der Waals surface area contributed by atoms with Crippen molar-refractivity contribution in [2.45, 2.75) is 104 Å². The summed E-state index contributed by atoms with van der Waals surface area (Å²) < 4.78 is 6.90. The number of rotatable bonds is 11. The zero-order valence-electron chi connectivity index (χ0n) is 19.4. The van der Waals surface area contributed by atoms with Gasteiger partial charge in [0.25, 0.3) is 0 Å². The summed E-state index contributed by atoms with van der Waals surface area (Å²) in [5.74, 6) is 1.81. The number of hydrogen-bond acceptors (Lipinski definition) is 2. The number of nitrogens with zero attached hydrogens (tertiary/aromatic N) is 1. The van der Waals surface area contributed by atoms with Crippen molar-refractivity contribution in [1.29, 1.82) is 0 Å². The topological polar surface area (TPSA) is 22.1 Å². The number of hydrogen-bond donors (Lipinski definition) is 0. The predicted octanol–water partition coefficient (Wildman–Crippen LogP) is 9.08. The SMILES string of the molecule is CC[Si](CC)(CC)OC(CCCC1CC(CC(C)(C)C)C1)c1c(Cl)cncc1Cl. The van der Waals surface area contributed by atoms with Crippen LogP contribution in [0.5, 0.6) is 0 Å². The Morgan fingerprint density at radius 2 is 1.59 bits per heavy atom. The van der Waals surface area contributed by atoms with Crippen LogP contribution in [0, 0.1) is 17.3 Å². The highest BCUT2D eigenvalue weighted by Crippen LogP contribution is 2.45. The second kappa shape index (κ2) is 11.0. The molecule has 1 aliphatic carbocycles. The molecule has 2 rings (SSSR count). The van der Waals surface area contributed by atoms with Crippen LogP contribution >= 0.6 is 23.2 Å². The highest BCUT2D eigenvalue weighted by Gasteiger charge is 2.35. The Labute approximate surface area is 190 Å². The summed E-state index contributed by atoms with van der Waals surface area (Å²) in [6.45, 7) is 13.9. The van der Waals surface area contributed by atoms with Crippen LogP contribution in [0.4, 0.5) is 0 Å². The minimum atomic E-state index is -1.76. The third-order valence-corrected chi connectivity index (χ3v) is 12.1. The molecule has 0 saturated heterocycles. The summed E-state index contributed by atoms with van der Waals surface area (Å²) in [5, 5.41) is 1.28. The van der Waals surface area contributed by atoms with Crippen LogP contribution in [0.3, 0.4) is 0 Å². The second-order valence-corrected chi connectivity index (χ2v) is 15.8. The molecule has 1 aliphatic rings. The monoisotopic (exact) mass is 457 g/mol. The molecule has 0 radical (unpaired) electrons. The van der Waals surface area contributed by atoms with E-state index in [1.807, 2.05) is 0 Å². The molecule has 1 atom stereocenters. The van der Waals surface area contributed by atoms with Crippen LogP contribution in [0.1, 0.15) is 91.7 Å². The van der Waals surface area contributed by atoms with Crippen LogP contribution in [0.2, 0.25) is 28.2 Å². The van der Waals surface area contributed by atoms with Gasteiger partial charge in [0.2, 0.25) is 0 Å². The first-order valence-electron chi connectivity index (χ1n) is 11.6. The molecule has 2 nitrogen and oxygen atoms in total. The molecular formula is C24H41Cl2NOSi. The molecule has 29 heavy (non-hydrogen) atoms. The van der Waals surface area contributed by atoms with Gasteiger partial charge in [-0.15, -0.1) is 0 Å². The van der Waals surface area contributed by atoms with Crippen LogP contribution in [0.25, 0.3) is 0 Å². The van der Waals surface area contributed by atoms with Gasteiger partial charge in [-0.1, -0.05) is 77.6 Å². The van der Waals surface area contributed by atoms with Gasteiger partial charge in [-0.2, -0.15) is 0 Å². The van der Waals surface area contributed by atoms with Gasteiger partial charge < -0.3 is 4.43 Å². The van der Waals surface area contributed by atoms with Crippen molar-refractivity contribution in [3.63, 3.8) is 0 Å². The summed E-state index contributed by atoms with van der Waals surface area (Å²) in [5.41, 5.74) is 1.41. The quantitative estimate of drug-likeness (QED) is 0.309. The van der Waals surface area contributed by atoms with Crippen LogP contribution in [0.15, 0.2) is 12.4 Å². The zero-order chi connectivity index (χ0) is 21.7. The average Bonchev–Trinajstić information content (AvgIpc) is 2.62. The molecule has 1 fully saturated rings. The summed E-state index contributed by atoms with van der Waals surface area (Å²) in [7, 11) is -1.76. The van der Waals surface area contributed by atoms with Gasteiger partial charge >= 0.3 is 0 Å². The van der Waals surface area contributed by atoms with E-state index in [2.05, 4.69) is 46.5 Å². The van der Waals surface area contributed by atoms with Crippen LogP contribution in [-0.4, -0.2) is 13.3 Å². The number of pyridine rings is 1. The van der Waals surface area contributed by atoms with Crippen LogP contribution < -0.4 is 0 Å². The third-order valence-electron chi connectivity index (χ3n) is 6.85. The predicted molar refractivity (Wildman–Crippen MR) is 129 cm³/mol. The van der Waals surface area contributed by atoms with Gasteiger partial charge in [0.15, 0.2) is 8.32 Å². The Balaban J connectivity index is 2.00. The Morgan fingerprint density at radius 1 is 1.03 bits per heavy atom. The second-order valence-electron chi connectivity index (χ2n) is 10.3. The average molecular weight is 459 g/mol. The van der Waals surface area contributed by atoms with Crippen molar-refractivity contribution in [1.82, 2.24) is 4.98 Å². The molecule has 166 valence electrons. The molecule has 1 aromatic heterocycles. The molecule has 0 spiro atoms. The van der Waals surface area contributed by atoms with Gasteiger partial charge in [-0.25, -0.2) is 0 Å². The lowest BCUT2D eigenvalue weighted by Gasteiger charge is -2.39. The fourth-order valence-corrected chi connectivity index (χ4v) is 8.47.